The van der Waals surface area contributed by atoms with Gasteiger partial charge in [-0.05, 0) is 57.7 Å². The summed E-state index contributed by atoms with van der Waals surface area (Å²) < 4.78 is 2.84. The van der Waals surface area contributed by atoms with Gasteiger partial charge in [0.05, 0.1) is 0 Å². The van der Waals surface area contributed by atoms with Crippen LogP contribution in [0.1, 0.15) is 54.5 Å². The van der Waals surface area contributed by atoms with Crippen molar-refractivity contribution in [3.8, 4) is 0 Å². The van der Waals surface area contributed by atoms with Gasteiger partial charge in [-0.3, -0.25) is 5.10 Å². The zero-order valence-electron chi connectivity index (χ0n) is 13.4. The topological polar surface area (TPSA) is 71.4 Å². The average Bonchev–Trinajstić information content (AvgIpc) is 3.32. The van der Waals surface area contributed by atoms with Crippen molar-refractivity contribution in [2.45, 2.75) is 57.9 Å². The molecule has 2 aromatic rings. The number of anilines is 1. The van der Waals surface area contributed by atoms with Gasteiger partial charge in [-0.15, -0.1) is 0 Å². The predicted octanol–water partition coefficient (Wildman–Crippen LogP) is 2.91. The summed E-state index contributed by atoms with van der Waals surface area (Å²) >= 11 is 5.36. The van der Waals surface area contributed by atoms with Gasteiger partial charge in [0.15, 0.2) is 4.77 Å². The minimum atomic E-state index is 0.594. The van der Waals surface area contributed by atoms with Gasteiger partial charge in [-0.2, -0.15) is 5.10 Å². The van der Waals surface area contributed by atoms with Crippen LogP contribution in [0.4, 0.5) is 5.82 Å². The van der Waals surface area contributed by atoms with E-state index >= 15 is 0 Å². The van der Waals surface area contributed by atoms with E-state index in [9.17, 15) is 0 Å². The van der Waals surface area contributed by atoms with Crippen LogP contribution in [0.15, 0.2) is 0 Å². The van der Waals surface area contributed by atoms with Gasteiger partial charge in [0.2, 0.25) is 0 Å². The van der Waals surface area contributed by atoms with Crippen LogP contribution in [-0.4, -0.2) is 31.3 Å². The highest BCUT2D eigenvalue weighted by Gasteiger charge is 2.28. The highest BCUT2D eigenvalue weighted by molar-refractivity contribution is 7.71. The lowest BCUT2D eigenvalue weighted by Crippen LogP contribution is -2.17. The molecule has 1 saturated carbocycles. The van der Waals surface area contributed by atoms with Crippen LogP contribution >= 0.6 is 12.2 Å². The van der Waals surface area contributed by atoms with Crippen LogP contribution in [0.3, 0.4) is 0 Å². The molecular formula is C16H22N6S. The molecule has 0 unspecified atom stereocenters. The zero-order valence-corrected chi connectivity index (χ0v) is 14.2. The van der Waals surface area contributed by atoms with E-state index in [2.05, 4.69) is 30.0 Å². The molecule has 2 heterocycles. The molecule has 0 aliphatic heterocycles. The number of nitrogens with zero attached hydrogens (tertiary/aromatic N) is 4. The number of aryl methyl sites for hydroxylation is 2. The lowest BCUT2D eigenvalue weighted by molar-refractivity contribution is 0.650. The Balaban J connectivity index is 1.49. The first-order valence-electron chi connectivity index (χ1n) is 8.48. The molecule has 6 nitrogen and oxygen atoms in total. The number of H-pyrrole nitrogens is 1. The highest BCUT2D eigenvalue weighted by atomic mass is 32.1. The van der Waals surface area contributed by atoms with E-state index < -0.39 is 0 Å². The summed E-state index contributed by atoms with van der Waals surface area (Å²) in [7, 11) is 0. The number of rotatable bonds is 5. The Morgan fingerprint density at radius 2 is 2.09 bits per heavy atom. The monoisotopic (exact) mass is 330 g/mol. The number of aromatic amines is 1. The fourth-order valence-corrected chi connectivity index (χ4v) is 3.58. The van der Waals surface area contributed by atoms with Gasteiger partial charge >= 0.3 is 0 Å². The normalized spacial score (nSPS) is 17.1. The van der Waals surface area contributed by atoms with E-state index in [-0.39, 0.29) is 0 Å². The van der Waals surface area contributed by atoms with E-state index in [1.807, 2.05) is 6.92 Å². The molecular weight excluding hydrogens is 308 g/mol. The third-order valence-corrected chi connectivity index (χ3v) is 4.96. The highest BCUT2D eigenvalue weighted by Crippen LogP contribution is 2.38. The molecule has 2 aromatic heterocycles. The smallest absolute Gasteiger partial charge is 0.195 e. The van der Waals surface area contributed by atoms with Crippen LogP contribution in [0.25, 0.3) is 0 Å². The maximum atomic E-state index is 5.36. The first kappa shape index (κ1) is 14.8. The van der Waals surface area contributed by atoms with Crippen molar-refractivity contribution in [2.24, 2.45) is 0 Å². The van der Waals surface area contributed by atoms with Crippen LogP contribution in [0, 0.1) is 11.7 Å². The van der Waals surface area contributed by atoms with Gasteiger partial charge in [-0.1, -0.05) is 0 Å². The SMILES string of the molecule is Cc1nc2c(c(NCCn3c(C4CC4)n[nH]c3=S)n1)CCCC2. The Morgan fingerprint density at radius 1 is 1.26 bits per heavy atom. The Labute approximate surface area is 140 Å². The Hall–Kier alpha value is -1.76. The third-order valence-electron chi connectivity index (χ3n) is 4.65. The fraction of sp³-hybridized carbons (Fsp3) is 0.625. The fourth-order valence-electron chi connectivity index (χ4n) is 3.35. The molecule has 0 saturated heterocycles. The largest absolute Gasteiger partial charge is 0.368 e. The van der Waals surface area contributed by atoms with E-state index in [0.717, 1.165) is 48.2 Å². The second-order valence-corrected chi connectivity index (χ2v) is 6.88. The van der Waals surface area contributed by atoms with Gasteiger partial charge < -0.3 is 9.88 Å². The van der Waals surface area contributed by atoms with Gasteiger partial charge in [-0.25, -0.2) is 9.97 Å². The molecule has 122 valence electrons. The van der Waals surface area contributed by atoms with E-state index in [1.54, 1.807) is 0 Å². The van der Waals surface area contributed by atoms with Crippen molar-refractivity contribution in [3.63, 3.8) is 0 Å². The summed E-state index contributed by atoms with van der Waals surface area (Å²) in [5.41, 5.74) is 2.53. The van der Waals surface area contributed by atoms with Crippen molar-refractivity contribution in [1.29, 1.82) is 0 Å². The maximum Gasteiger partial charge on any atom is 0.195 e. The minimum Gasteiger partial charge on any atom is -0.368 e. The Morgan fingerprint density at radius 3 is 2.91 bits per heavy atom. The molecule has 0 spiro atoms. The van der Waals surface area contributed by atoms with E-state index in [0.29, 0.717) is 5.92 Å². The van der Waals surface area contributed by atoms with Crippen LogP contribution in [0.5, 0.6) is 0 Å². The summed E-state index contributed by atoms with van der Waals surface area (Å²) in [6.07, 6.45) is 7.07. The standard InChI is InChI=1S/C16H22N6S/c1-10-18-13-5-3-2-4-12(13)14(19-10)17-8-9-22-15(11-6-7-11)20-21-16(22)23/h11H,2-9H2,1H3,(H,21,23)(H,17,18,19). The summed E-state index contributed by atoms with van der Waals surface area (Å²) in [5.74, 6) is 3.57. The molecule has 2 aliphatic rings. The quantitative estimate of drug-likeness (QED) is 0.825. The van der Waals surface area contributed by atoms with Gasteiger partial charge in [0, 0.05) is 30.3 Å². The number of nitrogens with one attached hydrogen (secondary N) is 2. The maximum absolute atomic E-state index is 5.36. The van der Waals surface area contributed by atoms with Crippen LogP contribution < -0.4 is 5.32 Å². The first-order chi connectivity index (χ1) is 11.2. The molecule has 23 heavy (non-hydrogen) atoms. The average molecular weight is 330 g/mol. The second-order valence-electron chi connectivity index (χ2n) is 6.49. The zero-order chi connectivity index (χ0) is 15.8. The Bertz CT molecular complexity index is 773. The van der Waals surface area contributed by atoms with Gasteiger partial charge in [0.25, 0.3) is 0 Å². The molecule has 0 bridgehead atoms. The van der Waals surface area contributed by atoms with Crippen LogP contribution in [-0.2, 0) is 19.4 Å². The molecule has 4 rings (SSSR count). The van der Waals surface area contributed by atoms with Crippen molar-refractivity contribution in [2.75, 3.05) is 11.9 Å². The van der Waals surface area contributed by atoms with E-state index in [1.165, 1.54) is 36.9 Å². The molecule has 0 aromatic carbocycles. The van der Waals surface area contributed by atoms with Crippen molar-refractivity contribution in [3.05, 3.63) is 27.7 Å². The number of hydrogen-bond donors (Lipinski definition) is 2. The minimum absolute atomic E-state index is 0.594. The van der Waals surface area contributed by atoms with Crippen molar-refractivity contribution in [1.82, 2.24) is 24.7 Å². The summed E-state index contributed by atoms with van der Waals surface area (Å²) in [5, 5.41) is 10.8. The molecule has 0 amide bonds. The lowest BCUT2D eigenvalue weighted by atomic mass is 9.96. The van der Waals surface area contributed by atoms with Crippen molar-refractivity contribution >= 4 is 18.0 Å². The molecule has 7 heteroatoms. The molecule has 0 atom stereocenters. The third kappa shape index (κ3) is 3.02. The molecule has 2 aliphatic carbocycles. The van der Waals surface area contributed by atoms with Crippen molar-refractivity contribution < 1.29 is 0 Å². The summed E-state index contributed by atoms with van der Waals surface area (Å²) in [4.78, 5) is 9.22. The molecule has 0 radical (unpaired) electrons. The lowest BCUT2D eigenvalue weighted by Gasteiger charge is -2.19. The summed E-state index contributed by atoms with van der Waals surface area (Å²) in [6, 6.07) is 0. The summed E-state index contributed by atoms with van der Waals surface area (Å²) in [6.45, 7) is 3.59. The number of aromatic nitrogens is 5. The second kappa shape index (κ2) is 6.03. The molecule has 2 N–H and O–H groups in total. The molecule has 1 fully saturated rings. The number of hydrogen-bond acceptors (Lipinski definition) is 5. The Kier molecular flexibility index (Phi) is 3.88. The van der Waals surface area contributed by atoms with E-state index in [4.69, 9.17) is 12.2 Å². The van der Waals surface area contributed by atoms with Gasteiger partial charge in [0.1, 0.15) is 17.5 Å². The predicted molar refractivity (Wildman–Crippen MR) is 91.3 cm³/mol. The number of fused-ring (bicyclic) bond motifs is 1. The first-order valence-corrected chi connectivity index (χ1v) is 8.88. The van der Waals surface area contributed by atoms with Crippen LogP contribution in [0.2, 0.25) is 0 Å².